The van der Waals surface area contributed by atoms with Crippen LogP contribution < -0.4 is 15.1 Å². The van der Waals surface area contributed by atoms with E-state index in [2.05, 4.69) is 5.32 Å². The second-order valence-corrected chi connectivity index (χ2v) is 7.73. The van der Waals surface area contributed by atoms with Crippen molar-refractivity contribution in [1.29, 1.82) is 0 Å². The average molecular weight is 416 g/mol. The number of methoxy groups -OCH3 is 1. The van der Waals surface area contributed by atoms with Crippen molar-refractivity contribution in [3.8, 4) is 0 Å². The second-order valence-electron chi connectivity index (χ2n) is 7.73. The zero-order valence-corrected chi connectivity index (χ0v) is 17.0. The number of benzene rings is 1. The number of anilines is 1. The fourth-order valence-electron chi connectivity index (χ4n) is 3.44. The van der Waals surface area contributed by atoms with Gasteiger partial charge in [-0.25, -0.2) is 4.79 Å². The van der Waals surface area contributed by atoms with Gasteiger partial charge in [-0.05, 0) is 30.5 Å². The molecule has 0 unspecified atom stereocenters. The summed E-state index contributed by atoms with van der Waals surface area (Å²) >= 11 is 0. The maximum atomic E-state index is 12.9. The number of carbonyl (C=O) groups excluding carboxylic acids is 2. The Kier molecular flexibility index (Phi) is 7.89. The molecule has 1 aliphatic rings. The fourth-order valence-corrected chi connectivity index (χ4v) is 3.44. The van der Waals surface area contributed by atoms with Crippen molar-refractivity contribution in [2.45, 2.75) is 32.5 Å². The molecule has 0 aromatic heterocycles. The first-order chi connectivity index (χ1) is 13.6. The van der Waals surface area contributed by atoms with E-state index in [4.69, 9.17) is 4.74 Å². The van der Waals surface area contributed by atoms with E-state index in [0.29, 0.717) is 38.3 Å². The Morgan fingerprint density at radius 3 is 2.45 bits per heavy atom. The lowest BCUT2D eigenvalue weighted by Crippen LogP contribution is -3.16. The van der Waals surface area contributed by atoms with Gasteiger partial charge in [-0.3, -0.25) is 4.79 Å². The lowest BCUT2D eigenvalue weighted by molar-refractivity contribution is -0.892. The van der Waals surface area contributed by atoms with Gasteiger partial charge in [0.15, 0.2) is 6.54 Å². The monoisotopic (exact) mass is 416 g/mol. The Hall–Kier alpha value is -2.29. The molecule has 1 heterocycles. The topological polar surface area (TPSA) is 63.1 Å². The van der Waals surface area contributed by atoms with E-state index in [0.717, 1.165) is 17.0 Å². The van der Waals surface area contributed by atoms with Gasteiger partial charge in [0.25, 0.3) is 5.91 Å². The van der Waals surface area contributed by atoms with Crippen LogP contribution >= 0.6 is 0 Å². The van der Waals surface area contributed by atoms with E-state index in [-0.39, 0.29) is 18.4 Å². The van der Waals surface area contributed by atoms with E-state index < -0.39 is 23.8 Å². The number of alkyl halides is 3. The average Bonchev–Trinajstić information content (AvgIpc) is 2.66. The minimum absolute atomic E-state index is 0.210. The summed E-state index contributed by atoms with van der Waals surface area (Å²) in [6.45, 7) is 6.48. The molecule has 1 fully saturated rings. The maximum Gasteiger partial charge on any atom is 0.416 e. The van der Waals surface area contributed by atoms with Crippen molar-refractivity contribution >= 4 is 17.6 Å². The number of piperazine rings is 1. The molecule has 1 aromatic carbocycles. The summed E-state index contributed by atoms with van der Waals surface area (Å²) in [4.78, 5) is 27.1. The highest BCUT2D eigenvalue weighted by Crippen LogP contribution is 2.31. The summed E-state index contributed by atoms with van der Waals surface area (Å²) in [5, 5.41) is 2.74. The number of hydrogen-bond acceptors (Lipinski definition) is 4. The predicted octanol–water partition coefficient (Wildman–Crippen LogP) is 1.11. The first-order valence-electron chi connectivity index (χ1n) is 9.73. The van der Waals surface area contributed by atoms with Crippen LogP contribution in [0.4, 0.5) is 18.9 Å². The number of quaternary nitrogens is 1. The Morgan fingerprint density at radius 2 is 1.90 bits per heavy atom. The van der Waals surface area contributed by atoms with Gasteiger partial charge in [-0.15, -0.1) is 0 Å². The molecule has 1 amide bonds. The molecule has 29 heavy (non-hydrogen) atoms. The van der Waals surface area contributed by atoms with Gasteiger partial charge in [0.05, 0.1) is 38.9 Å². The molecule has 1 atom stereocenters. The van der Waals surface area contributed by atoms with Gasteiger partial charge >= 0.3 is 12.1 Å². The lowest BCUT2D eigenvalue weighted by atomic mass is 10.0. The summed E-state index contributed by atoms with van der Waals surface area (Å²) in [6, 6.07) is 4.62. The van der Waals surface area contributed by atoms with Gasteiger partial charge in [0.1, 0.15) is 6.04 Å². The van der Waals surface area contributed by atoms with Gasteiger partial charge in [0.2, 0.25) is 0 Å². The molecule has 0 spiro atoms. The number of esters is 1. The minimum Gasteiger partial charge on any atom is -0.467 e. The number of nitrogens with zero attached hydrogens (tertiary/aromatic N) is 1. The molecule has 6 nitrogen and oxygen atoms in total. The third-order valence-corrected chi connectivity index (χ3v) is 4.95. The molecule has 162 valence electrons. The molecule has 0 radical (unpaired) electrons. The van der Waals surface area contributed by atoms with Crippen LogP contribution in [0.25, 0.3) is 0 Å². The SMILES string of the molecule is COC(=O)[C@@H](CC(C)C)NC(=O)C[NH+]1CCN(c2cccc(C(F)(F)F)c2)CC1. The maximum absolute atomic E-state index is 12.9. The number of hydrogen-bond donors (Lipinski definition) is 2. The van der Waals surface area contributed by atoms with E-state index >= 15 is 0 Å². The number of carbonyl (C=O) groups is 2. The smallest absolute Gasteiger partial charge is 0.416 e. The van der Waals surface area contributed by atoms with E-state index in [1.807, 2.05) is 18.7 Å². The number of amides is 1. The summed E-state index contributed by atoms with van der Waals surface area (Å²) in [7, 11) is 1.29. The van der Waals surface area contributed by atoms with Crippen LogP contribution in [0.1, 0.15) is 25.8 Å². The second kappa shape index (κ2) is 9.96. The van der Waals surface area contributed by atoms with Crippen molar-refractivity contribution in [2.24, 2.45) is 5.92 Å². The summed E-state index contributed by atoms with van der Waals surface area (Å²) in [5.74, 6) is -0.470. The van der Waals surface area contributed by atoms with Crippen molar-refractivity contribution in [3.63, 3.8) is 0 Å². The minimum atomic E-state index is -4.37. The molecule has 0 bridgehead atoms. The summed E-state index contributed by atoms with van der Waals surface area (Å²) in [6.07, 6.45) is -3.87. The van der Waals surface area contributed by atoms with Gasteiger partial charge < -0.3 is 19.9 Å². The highest BCUT2D eigenvalue weighted by atomic mass is 19.4. The van der Waals surface area contributed by atoms with Crippen LogP contribution in [-0.4, -0.2) is 57.8 Å². The van der Waals surface area contributed by atoms with E-state index in [9.17, 15) is 22.8 Å². The third kappa shape index (κ3) is 6.92. The molecule has 1 saturated heterocycles. The number of halogens is 3. The molecule has 2 N–H and O–H groups in total. The van der Waals surface area contributed by atoms with Crippen molar-refractivity contribution < 1.29 is 32.4 Å². The van der Waals surface area contributed by atoms with Crippen molar-refractivity contribution in [2.75, 3.05) is 44.7 Å². The van der Waals surface area contributed by atoms with Crippen LogP contribution in [0.5, 0.6) is 0 Å². The largest absolute Gasteiger partial charge is 0.467 e. The Morgan fingerprint density at radius 1 is 1.24 bits per heavy atom. The highest BCUT2D eigenvalue weighted by molar-refractivity contribution is 5.84. The number of nitrogens with one attached hydrogen (secondary N) is 2. The van der Waals surface area contributed by atoms with Crippen LogP contribution in [0.3, 0.4) is 0 Å². The van der Waals surface area contributed by atoms with Crippen molar-refractivity contribution in [1.82, 2.24) is 5.32 Å². The quantitative estimate of drug-likeness (QED) is 0.654. The van der Waals surface area contributed by atoms with E-state index in [1.54, 1.807) is 6.07 Å². The zero-order chi connectivity index (χ0) is 21.6. The zero-order valence-electron chi connectivity index (χ0n) is 17.0. The predicted molar refractivity (Wildman–Crippen MR) is 103 cm³/mol. The Balaban J connectivity index is 1.88. The highest BCUT2D eigenvalue weighted by Gasteiger charge is 2.31. The molecule has 0 saturated carbocycles. The molecular weight excluding hydrogens is 387 g/mol. The Bertz CT molecular complexity index is 702. The first kappa shape index (κ1) is 23.0. The third-order valence-electron chi connectivity index (χ3n) is 4.95. The first-order valence-corrected chi connectivity index (χ1v) is 9.73. The van der Waals surface area contributed by atoms with Gasteiger partial charge in [-0.1, -0.05) is 19.9 Å². The van der Waals surface area contributed by atoms with Gasteiger partial charge in [-0.2, -0.15) is 13.2 Å². The van der Waals surface area contributed by atoms with E-state index in [1.165, 1.54) is 13.2 Å². The molecule has 0 aliphatic carbocycles. The number of rotatable bonds is 7. The van der Waals surface area contributed by atoms with Crippen LogP contribution in [0.2, 0.25) is 0 Å². The fraction of sp³-hybridized carbons (Fsp3) is 0.600. The molecule has 1 aromatic rings. The molecule has 9 heteroatoms. The lowest BCUT2D eigenvalue weighted by Gasteiger charge is -2.33. The number of ether oxygens (including phenoxy) is 1. The van der Waals surface area contributed by atoms with Crippen LogP contribution in [0.15, 0.2) is 24.3 Å². The molecule has 1 aliphatic heterocycles. The summed E-state index contributed by atoms with van der Waals surface area (Å²) < 4.78 is 43.5. The molecular formula is C20H29F3N3O3+. The van der Waals surface area contributed by atoms with Crippen LogP contribution in [0, 0.1) is 5.92 Å². The molecule has 2 rings (SSSR count). The summed E-state index contributed by atoms with van der Waals surface area (Å²) in [5.41, 5.74) is -0.130. The van der Waals surface area contributed by atoms with Crippen molar-refractivity contribution in [3.05, 3.63) is 29.8 Å². The Labute approximate surface area is 169 Å². The normalized spacial score (nSPS) is 16.6. The van der Waals surface area contributed by atoms with Crippen LogP contribution in [-0.2, 0) is 20.5 Å². The standard InChI is InChI=1S/C20H28F3N3O3/c1-14(2)11-17(19(28)29-3)24-18(27)13-25-7-9-26(10-8-25)16-6-4-5-15(12-16)20(21,22)23/h4-6,12,14,17H,7-11,13H2,1-3H3,(H,24,27)/p+1/t17-/m1/s1. The van der Waals surface area contributed by atoms with Gasteiger partial charge in [0, 0.05) is 5.69 Å².